The first-order valence-corrected chi connectivity index (χ1v) is 10.6. The molecule has 27 heavy (non-hydrogen) atoms. The molecule has 0 N–H and O–H groups in total. The molecule has 1 saturated heterocycles. The number of benzene rings is 1. The molecule has 4 rings (SSSR count). The summed E-state index contributed by atoms with van der Waals surface area (Å²) in [7, 11) is 0. The van der Waals surface area contributed by atoms with Crippen molar-refractivity contribution in [2.45, 2.75) is 50.2 Å². The molecule has 142 valence electrons. The molecule has 0 bridgehead atoms. The van der Waals surface area contributed by atoms with E-state index >= 15 is 0 Å². The van der Waals surface area contributed by atoms with Gasteiger partial charge in [-0.2, -0.15) is 5.10 Å². The third kappa shape index (κ3) is 3.49. The summed E-state index contributed by atoms with van der Waals surface area (Å²) in [6.07, 6.45) is 4.64. The first kappa shape index (κ1) is 18.5. The van der Waals surface area contributed by atoms with E-state index in [4.69, 9.17) is 9.47 Å². The molecule has 3 aromatic rings. The normalized spacial score (nSPS) is 25.3. The average Bonchev–Trinajstić information content (AvgIpc) is 3.27. The van der Waals surface area contributed by atoms with E-state index in [1.807, 2.05) is 29.0 Å². The van der Waals surface area contributed by atoms with E-state index in [1.54, 1.807) is 18.1 Å². The zero-order chi connectivity index (χ0) is 18.8. The summed E-state index contributed by atoms with van der Waals surface area (Å²) in [4.78, 5) is 4.37. The van der Waals surface area contributed by atoms with Crippen molar-refractivity contribution in [3.8, 4) is 0 Å². The third-order valence-corrected chi connectivity index (χ3v) is 6.04. The molecule has 6 heteroatoms. The van der Waals surface area contributed by atoms with Crippen molar-refractivity contribution < 1.29 is 9.47 Å². The van der Waals surface area contributed by atoms with E-state index in [0.717, 1.165) is 22.7 Å². The van der Waals surface area contributed by atoms with Gasteiger partial charge in [0.15, 0.2) is 0 Å². The Balaban J connectivity index is 1.65. The van der Waals surface area contributed by atoms with Gasteiger partial charge in [0.05, 0.1) is 30.0 Å². The predicted molar refractivity (Wildman–Crippen MR) is 107 cm³/mol. The highest BCUT2D eigenvalue weighted by molar-refractivity contribution is 7.98. The molecule has 1 fully saturated rings. The second kappa shape index (κ2) is 8.00. The Morgan fingerprint density at radius 1 is 1.19 bits per heavy atom. The smallest absolute Gasteiger partial charge is 0.137 e. The van der Waals surface area contributed by atoms with Crippen LogP contribution in [0, 0.1) is 5.92 Å². The molecule has 0 radical (unpaired) electrons. The fraction of sp³-hybridized carbons (Fsp3) is 0.429. The quantitative estimate of drug-likeness (QED) is 0.586. The minimum atomic E-state index is -0.138. The van der Waals surface area contributed by atoms with E-state index in [9.17, 15) is 0 Å². The maximum atomic E-state index is 6.44. The molecule has 0 amide bonds. The van der Waals surface area contributed by atoms with Gasteiger partial charge in [-0.05, 0) is 30.4 Å². The number of aromatic nitrogens is 3. The maximum Gasteiger partial charge on any atom is 0.137 e. The summed E-state index contributed by atoms with van der Waals surface area (Å²) in [6.45, 7) is 4.98. The first-order chi connectivity index (χ1) is 13.2. The average molecular weight is 384 g/mol. The molecule has 1 aliphatic heterocycles. The highest BCUT2D eigenvalue weighted by atomic mass is 32.2. The molecular formula is C21H25N3O2S. The highest BCUT2D eigenvalue weighted by Crippen LogP contribution is 2.41. The summed E-state index contributed by atoms with van der Waals surface area (Å²) >= 11 is 1.62. The summed E-state index contributed by atoms with van der Waals surface area (Å²) in [6, 6.07) is 14.5. The van der Waals surface area contributed by atoms with Crippen LogP contribution in [0.1, 0.15) is 37.6 Å². The van der Waals surface area contributed by atoms with Crippen LogP contribution in [-0.4, -0.2) is 33.1 Å². The van der Waals surface area contributed by atoms with Gasteiger partial charge < -0.3 is 9.47 Å². The van der Waals surface area contributed by atoms with Crippen LogP contribution in [0.2, 0.25) is 0 Å². The van der Waals surface area contributed by atoms with Gasteiger partial charge in [-0.3, -0.25) is 0 Å². The lowest BCUT2D eigenvalue weighted by molar-refractivity contribution is -0.0362. The van der Waals surface area contributed by atoms with Crippen molar-refractivity contribution in [1.29, 1.82) is 0 Å². The molecule has 4 atom stereocenters. The molecule has 0 aliphatic carbocycles. The van der Waals surface area contributed by atoms with Crippen LogP contribution in [-0.2, 0) is 16.1 Å². The maximum absolute atomic E-state index is 6.44. The van der Waals surface area contributed by atoms with Crippen LogP contribution in [0.15, 0.2) is 53.8 Å². The molecule has 5 nitrogen and oxygen atoms in total. The Bertz CT molecular complexity index is 899. The van der Waals surface area contributed by atoms with E-state index in [-0.39, 0.29) is 18.3 Å². The van der Waals surface area contributed by atoms with Crippen LogP contribution < -0.4 is 0 Å². The zero-order valence-corrected chi connectivity index (χ0v) is 16.7. The van der Waals surface area contributed by atoms with Crippen LogP contribution in [0.25, 0.3) is 5.52 Å². The topological polar surface area (TPSA) is 48.7 Å². The van der Waals surface area contributed by atoms with Crippen molar-refractivity contribution in [2.24, 2.45) is 5.92 Å². The van der Waals surface area contributed by atoms with Gasteiger partial charge in [0.1, 0.15) is 17.5 Å². The van der Waals surface area contributed by atoms with Crippen molar-refractivity contribution in [2.75, 3.05) is 6.26 Å². The molecule has 1 aromatic carbocycles. The van der Waals surface area contributed by atoms with Crippen LogP contribution >= 0.6 is 11.8 Å². The van der Waals surface area contributed by atoms with Crippen molar-refractivity contribution >= 4 is 17.3 Å². The molecule has 0 saturated carbocycles. The van der Waals surface area contributed by atoms with Gasteiger partial charge in [0, 0.05) is 5.92 Å². The number of fused-ring (bicyclic) bond motifs is 1. The Morgan fingerprint density at radius 3 is 2.74 bits per heavy atom. The van der Waals surface area contributed by atoms with Crippen LogP contribution in [0.4, 0.5) is 0 Å². The second-order valence-electron chi connectivity index (χ2n) is 6.95. The van der Waals surface area contributed by atoms with Gasteiger partial charge in [0.25, 0.3) is 0 Å². The van der Waals surface area contributed by atoms with E-state index < -0.39 is 0 Å². The van der Waals surface area contributed by atoms with E-state index in [2.05, 4.69) is 48.2 Å². The summed E-state index contributed by atoms with van der Waals surface area (Å²) in [5.74, 6) is 0.316. The Kier molecular flexibility index (Phi) is 5.48. The lowest BCUT2D eigenvalue weighted by Gasteiger charge is -2.22. The van der Waals surface area contributed by atoms with Gasteiger partial charge in [-0.15, -0.1) is 11.8 Å². The largest absolute Gasteiger partial charge is 0.370 e. The molecule has 1 aliphatic rings. The van der Waals surface area contributed by atoms with Crippen molar-refractivity contribution in [3.05, 3.63) is 60.0 Å². The summed E-state index contributed by atoms with van der Waals surface area (Å²) in [5, 5.41) is 5.45. The number of hydrogen-bond acceptors (Lipinski definition) is 5. The third-order valence-electron chi connectivity index (χ3n) is 5.34. The van der Waals surface area contributed by atoms with Gasteiger partial charge in [-0.1, -0.05) is 44.2 Å². The highest BCUT2D eigenvalue weighted by Gasteiger charge is 2.43. The Labute approximate surface area is 164 Å². The number of ether oxygens (including phenoxy) is 2. The van der Waals surface area contributed by atoms with E-state index in [1.165, 1.54) is 5.56 Å². The van der Waals surface area contributed by atoms with Crippen LogP contribution in [0.3, 0.4) is 0 Å². The van der Waals surface area contributed by atoms with Crippen LogP contribution in [0.5, 0.6) is 0 Å². The minimum Gasteiger partial charge on any atom is -0.370 e. The lowest BCUT2D eigenvalue weighted by atomic mass is 9.95. The molecule has 3 heterocycles. The van der Waals surface area contributed by atoms with Gasteiger partial charge in [0.2, 0.25) is 0 Å². The number of thioether (sulfide) groups is 1. The molecule has 2 unspecified atom stereocenters. The predicted octanol–water partition coefficient (Wildman–Crippen LogP) is 4.52. The first-order valence-electron chi connectivity index (χ1n) is 9.40. The number of nitrogens with zero attached hydrogens (tertiary/aromatic N) is 3. The molecule has 2 aromatic heterocycles. The number of hydrogen-bond donors (Lipinski definition) is 0. The van der Waals surface area contributed by atoms with Gasteiger partial charge >= 0.3 is 0 Å². The Morgan fingerprint density at radius 2 is 2.00 bits per heavy atom. The monoisotopic (exact) mass is 383 g/mol. The summed E-state index contributed by atoms with van der Waals surface area (Å²) < 4.78 is 14.8. The fourth-order valence-electron chi connectivity index (χ4n) is 3.89. The summed E-state index contributed by atoms with van der Waals surface area (Å²) in [5.41, 5.74) is 3.22. The minimum absolute atomic E-state index is 0.0130. The lowest BCUT2D eigenvalue weighted by Crippen LogP contribution is -2.26. The standard InChI is InChI=1S/C21H25N3O2S/c1-4-18-14(2)19(25-12-15-8-6-5-7-9-15)20(26-18)16-10-11-17-21(27-3)22-13-23-24(16)17/h5-11,13-14,18-20H,4,12H2,1-3H3/t14-,18-,19?,20?/m1/s1. The SMILES string of the molecule is CC[C@H]1OC(c2ccc3c(SC)ncnn23)C(OCc2ccccc2)[C@@H]1C. The molecular weight excluding hydrogens is 358 g/mol. The van der Waals surface area contributed by atoms with Gasteiger partial charge in [-0.25, -0.2) is 9.50 Å². The van der Waals surface area contributed by atoms with E-state index in [0.29, 0.717) is 12.5 Å². The number of rotatable bonds is 6. The second-order valence-corrected chi connectivity index (χ2v) is 7.74. The van der Waals surface area contributed by atoms with Crippen molar-refractivity contribution in [3.63, 3.8) is 0 Å². The van der Waals surface area contributed by atoms with Crippen molar-refractivity contribution in [1.82, 2.24) is 14.6 Å². The fourth-order valence-corrected chi connectivity index (χ4v) is 4.41. The molecule has 0 spiro atoms. The Hall–Kier alpha value is -1.89. The zero-order valence-electron chi connectivity index (χ0n) is 15.9.